The van der Waals surface area contributed by atoms with Crippen molar-refractivity contribution in [1.82, 2.24) is 4.90 Å². The summed E-state index contributed by atoms with van der Waals surface area (Å²) in [5.41, 5.74) is 0. The van der Waals surface area contributed by atoms with E-state index in [-0.39, 0.29) is 18.1 Å². The van der Waals surface area contributed by atoms with E-state index in [1.807, 2.05) is 13.8 Å². The molecule has 3 atom stereocenters. The van der Waals surface area contributed by atoms with E-state index in [0.29, 0.717) is 28.9 Å². The van der Waals surface area contributed by atoms with Crippen molar-refractivity contribution < 1.29 is 14.3 Å². The lowest BCUT2D eigenvalue weighted by Crippen LogP contribution is -2.51. The summed E-state index contributed by atoms with van der Waals surface area (Å²) in [6, 6.07) is 4.94. The summed E-state index contributed by atoms with van der Waals surface area (Å²) in [6.07, 6.45) is -0.547. The van der Waals surface area contributed by atoms with Crippen LogP contribution in [0.25, 0.3) is 0 Å². The molecule has 1 aromatic carbocycles. The van der Waals surface area contributed by atoms with Gasteiger partial charge in [0.25, 0.3) is 5.91 Å². The van der Waals surface area contributed by atoms with Gasteiger partial charge >= 0.3 is 0 Å². The molecule has 6 heteroatoms. The molecular weight excluding hydrogens is 313 g/mol. The highest BCUT2D eigenvalue weighted by molar-refractivity contribution is 6.35. The number of carbonyl (C=O) groups is 1. The molecule has 0 saturated carbocycles. The summed E-state index contributed by atoms with van der Waals surface area (Å²) < 4.78 is 11.3. The molecule has 2 rings (SSSR count). The Labute approximate surface area is 134 Å². The van der Waals surface area contributed by atoms with Crippen LogP contribution in [0, 0.1) is 0 Å². The molecule has 1 saturated heterocycles. The number of nitrogens with zero attached hydrogens (tertiary/aromatic N) is 1. The second kappa shape index (κ2) is 6.86. The lowest BCUT2D eigenvalue weighted by molar-refractivity contribution is -0.149. The Morgan fingerprint density at radius 1 is 1.33 bits per heavy atom. The minimum Gasteiger partial charge on any atom is -0.479 e. The molecule has 0 N–H and O–H groups in total. The molecule has 1 aliphatic heterocycles. The molecule has 0 unspecified atom stereocenters. The van der Waals surface area contributed by atoms with Crippen LogP contribution in [0.5, 0.6) is 5.75 Å². The largest absolute Gasteiger partial charge is 0.479 e. The van der Waals surface area contributed by atoms with Gasteiger partial charge in [-0.05, 0) is 39.0 Å². The highest BCUT2D eigenvalue weighted by Gasteiger charge is 2.29. The Hall–Kier alpha value is -0.970. The van der Waals surface area contributed by atoms with Gasteiger partial charge < -0.3 is 14.4 Å². The number of hydrogen-bond acceptors (Lipinski definition) is 3. The van der Waals surface area contributed by atoms with Crippen molar-refractivity contribution in [2.75, 3.05) is 13.1 Å². The van der Waals surface area contributed by atoms with Crippen LogP contribution in [0.4, 0.5) is 0 Å². The summed E-state index contributed by atoms with van der Waals surface area (Å²) in [6.45, 7) is 6.78. The van der Waals surface area contributed by atoms with E-state index in [2.05, 4.69) is 0 Å². The summed E-state index contributed by atoms with van der Waals surface area (Å²) in [5.74, 6) is 0.388. The van der Waals surface area contributed by atoms with Crippen molar-refractivity contribution in [2.45, 2.75) is 39.1 Å². The smallest absolute Gasteiger partial charge is 0.263 e. The topological polar surface area (TPSA) is 38.8 Å². The summed E-state index contributed by atoms with van der Waals surface area (Å²) in [5, 5.41) is 0.924. The van der Waals surface area contributed by atoms with Crippen LogP contribution < -0.4 is 4.74 Å². The molecule has 1 fully saturated rings. The lowest BCUT2D eigenvalue weighted by Gasteiger charge is -2.36. The van der Waals surface area contributed by atoms with E-state index in [1.54, 1.807) is 30.0 Å². The van der Waals surface area contributed by atoms with E-state index in [1.165, 1.54) is 0 Å². The molecular formula is C15H19Cl2NO3. The number of morpholine rings is 1. The first kappa shape index (κ1) is 16.4. The van der Waals surface area contributed by atoms with E-state index in [0.717, 1.165) is 0 Å². The van der Waals surface area contributed by atoms with Gasteiger partial charge in [-0.3, -0.25) is 4.79 Å². The first-order valence-corrected chi connectivity index (χ1v) is 7.68. The minimum atomic E-state index is -0.610. The maximum absolute atomic E-state index is 12.4. The number of ether oxygens (including phenoxy) is 2. The third-order valence-corrected chi connectivity index (χ3v) is 3.81. The zero-order valence-corrected chi connectivity index (χ0v) is 13.8. The third-order valence-electron chi connectivity index (χ3n) is 3.28. The van der Waals surface area contributed by atoms with E-state index < -0.39 is 6.10 Å². The molecule has 1 heterocycles. The van der Waals surface area contributed by atoms with Crippen LogP contribution in [0.1, 0.15) is 20.8 Å². The summed E-state index contributed by atoms with van der Waals surface area (Å²) >= 11 is 11.9. The van der Waals surface area contributed by atoms with Gasteiger partial charge in [0.1, 0.15) is 5.75 Å². The van der Waals surface area contributed by atoms with Gasteiger partial charge in [-0.15, -0.1) is 0 Å². The van der Waals surface area contributed by atoms with Gasteiger partial charge in [-0.1, -0.05) is 23.2 Å². The van der Waals surface area contributed by atoms with Crippen LogP contribution in [0.15, 0.2) is 18.2 Å². The van der Waals surface area contributed by atoms with Crippen molar-refractivity contribution in [3.63, 3.8) is 0 Å². The number of hydrogen-bond donors (Lipinski definition) is 0. The minimum absolute atomic E-state index is 0.0315. The zero-order chi connectivity index (χ0) is 15.6. The van der Waals surface area contributed by atoms with E-state index in [4.69, 9.17) is 32.7 Å². The Balaban J connectivity index is 2.02. The maximum Gasteiger partial charge on any atom is 0.263 e. The van der Waals surface area contributed by atoms with E-state index in [9.17, 15) is 4.79 Å². The predicted octanol–water partition coefficient (Wildman–Crippen LogP) is 3.40. The lowest BCUT2D eigenvalue weighted by atomic mass is 10.2. The van der Waals surface area contributed by atoms with E-state index >= 15 is 0 Å². The van der Waals surface area contributed by atoms with Crippen LogP contribution in [0.3, 0.4) is 0 Å². The second-order valence-electron chi connectivity index (χ2n) is 5.34. The quantitative estimate of drug-likeness (QED) is 0.852. The van der Waals surface area contributed by atoms with Gasteiger partial charge in [-0.2, -0.15) is 0 Å². The Morgan fingerprint density at radius 2 is 1.95 bits per heavy atom. The Kier molecular flexibility index (Phi) is 5.36. The average Bonchev–Trinajstić information content (AvgIpc) is 2.40. The molecule has 21 heavy (non-hydrogen) atoms. The first-order valence-electron chi connectivity index (χ1n) is 6.92. The van der Waals surface area contributed by atoms with Crippen molar-refractivity contribution in [3.05, 3.63) is 28.2 Å². The Morgan fingerprint density at radius 3 is 2.52 bits per heavy atom. The molecule has 0 spiro atoms. The fourth-order valence-electron chi connectivity index (χ4n) is 2.43. The molecule has 0 bridgehead atoms. The van der Waals surface area contributed by atoms with Gasteiger partial charge in [-0.25, -0.2) is 0 Å². The van der Waals surface area contributed by atoms with Gasteiger partial charge in [0.15, 0.2) is 6.10 Å². The van der Waals surface area contributed by atoms with Gasteiger partial charge in [0, 0.05) is 18.1 Å². The van der Waals surface area contributed by atoms with Crippen LogP contribution in [0.2, 0.25) is 10.0 Å². The number of halogens is 2. The third kappa shape index (κ3) is 4.25. The molecule has 0 aromatic heterocycles. The normalized spacial score (nSPS) is 23.8. The van der Waals surface area contributed by atoms with Crippen molar-refractivity contribution in [3.8, 4) is 5.75 Å². The predicted molar refractivity (Wildman–Crippen MR) is 83.1 cm³/mol. The zero-order valence-electron chi connectivity index (χ0n) is 12.3. The van der Waals surface area contributed by atoms with Gasteiger partial charge in [0.2, 0.25) is 0 Å². The molecule has 0 aliphatic carbocycles. The number of carbonyl (C=O) groups excluding carboxylic acids is 1. The summed E-state index contributed by atoms with van der Waals surface area (Å²) in [7, 11) is 0. The average molecular weight is 332 g/mol. The molecule has 4 nitrogen and oxygen atoms in total. The standard InChI is InChI=1S/C15H19Cl2NO3/c1-9-7-18(8-10(2)20-9)15(19)11(3)21-14-5-4-12(16)6-13(14)17/h4-6,9-11H,7-8H2,1-3H3/t9-,10-,11+/m1/s1. The molecule has 1 amide bonds. The molecule has 0 radical (unpaired) electrons. The number of rotatable bonds is 3. The SMILES string of the molecule is C[C@@H]1CN(C(=O)[C@H](C)Oc2ccc(Cl)cc2Cl)C[C@@H](C)O1. The molecule has 1 aliphatic rings. The highest BCUT2D eigenvalue weighted by Crippen LogP contribution is 2.28. The Bertz CT molecular complexity index is 514. The fraction of sp³-hybridized carbons (Fsp3) is 0.533. The number of amides is 1. The fourth-order valence-corrected chi connectivity index (χ4v) is 2.88. The first-order chi connectivity index (χ1) is 9.86. The maximum atomic E-state index is 12.4. The monoisotopic (exact) mass is 331 g/mol. The van der Waals surface area contributed by atoms with Crippen molar-refractivity contribution in [1.29, 1.82) is 0 Å². The van der Waals surface area contributed by atoms with Crippen LogP contribution >= 0.6 is 23.2 Å². The van der Waals surface area contributed by atoms with Gasteiger partial charge in [0.05, 0.1) is 17.2 Å². The molecule has 116 valence electrons. The van der Waals surface area contributed by atoms with Crippen LogP contribution in [-0.4, -0.2) is 42.2 Å². The van der Waals surface area contributed by atoms with Crippen LogP contribution in [-0.2, 0) is 9.53 Å². The molecule has 1 aromatic rings. The van der Waals surface area contributed by atoms with Crippen molar-refractivity contribution >= 4 is 29.1 Å². The van der Waals surface area contributed by atoms with Crippen molar-refractivity contribution in [2.24, 2.45) is 0 Å². The highest BCUT2D eigenvalue weighted by atomic mass is 35.5. The number of benzene rings is 1. The summed E-state index contributed by atoms with van der Waals surface area (Å²) in [4.78, 5) is 14.2. The second-order valence-corrected chi connectivity index (χ2v) is 6.18.